The number of nitrogens with zero attached hydrogens (tertiary/aromatic N) is 3. The summed E-state index contributed by atoms with van der Waals surface area (Å²) >= 11 is 13.1. The molecule has 0 fully saturated rings. The van der Waals surface area contributed by atoms with Crippen LogP contribution in [0, 0.1) is 0 Å². The number of amides is 1. The number of esters is 1. The first kappa shape index (κ1) is 35.5. The number of carbonyl (C=O) groups is 2. The summed E-state index contributed by atoms with van der Waals surface area (Å²) in [5, 5.41) is 11.5. The molecule has 0 bridgehead atoms. The molecule has 2 N–H and O–H groups in total. The van der Waals surface area contributed by atoms with Crippen LogP contribution in [-0.2, 0) is 10.2 Å². The van der Waals surface area contributed by atoms with Crippen LogP contribution in [0.1, 0.15) is 131 Å². The van der Waals surface area contributed by atoms with Gasteiger partial charge in [0.25, 0.3) is 5.91 Å². The highest BCUT2D eigenvalue weighted by molar-refractivity contribution is 6.34. The summed E-state index contributed by atoms with van der Waals surface area (Å²) in [6.45, 7) is 8.81. The van der Waals surface area contributed by atoms with Crippen molar-refractivity contribution >= 4 is 46.4 Å². The summed E-state index contributed by atoms with van der Waals surface area (Å²) in [7, 11) is 0. The number of hydrogen-bond acceptors (Lipinski definition) is 5. The van der Waals surface area contributed by atoms with Gasteiger partial charge in [0, 0.05) is 22.2 Å². The molecule has 0 aliphatic heterocycles. The first-order valence-electron chi connectivity index (χ1n) is 16.6. The van der Waals surface area contributed by atoms with Crippen molar-refractivity contribution < 1.29 is 14.3 Å². The highest BCUT2D eigenvalue weighted by Gasteiger charge is 2.25. The fourth-order valence-electron chi connectivity index (χ4n) is 5.34. The molecular weight excluding hydrogens is 621 g/mol. The van der Waals surface area contributed by atoms with Crippen molar-refractivity contribution in [3.63, 3.8) is 0 Å². The molecule has 0 radical (unpaired) electrons. The van der Waals surface area contributed by atoms with Gasteiger partial charge in [0.1, 0.15) is 5.02 Å². The molecule has 1 amide bonds. The van der Waals surface area contributed by atoms with Gasteiger partial charge in [0.05, 0.1) is 22.9 Å². The van der Waals surface area contributed by atoms with Crippen molar-refractivity contribution in [3.05, 3.63) is 69.3 Å². The number of benzene rings is 2. The zero-order chi connectivity index (χ0) is 33.1. The second-order valence-electron chi connectivity index (χ2n) is 13.0. The predicted octanol–water partition coefficient (Wildman–Crippen LogP) is 10.4. The van der Waals surface area contributed by atoms with Crippen LogP contribution in [0.5, 0.6) is 0 Å². The first-order chi connectivity index (χ1) is 22.1. The van der Waals surface area contributed by atoms with Gasteiger partial charge in [-0.2, -0.15) is 4.63 Å². The van der Waals surface area contributed by atoms with Gasteiger partial charge < -0.3 is 10.1 Å². The number of fused-ring (bicyclic) bond motifs is 1. The molecule has 248 valence electrons. The minimum absolute atomic E-state index is 0.202. The normalized spacial score (nSPS) is 11.7. The minimum atomic E-state index is -0.379. The second-order valence-corrected chi connectivity index (χ2v) is 13.8. The lowest BCUT2D eigenvalue weighted by Crippen LogP contribution is -2.13. The van der Waals surface area contributed by atoms with Gasteiger partial charge in [-0.15, -0.1) is 5.10 Å². The molecule has 0 saturated heterocycles. The lowest BCUT2D eigenvalue weighted by Gasteiger charge is -2.16. The van der Waals surface area contributed by atoms with Crippen molar-refractivity contribution in [2.45, 2.75) is 110 Å². The average molecular weight is 669 g/mol. The van der Waals surface area contributed by atoms with E-state index in [1.165, 1.54) is 68.8 Å². The number of aromatic nitrogens is 4. The zero-order valence-electron chi connectivity index (χ0n) is 27.6. The SMILES string of the molecule is CCCCCCCCCCCCCCOC(=O)c1ccc(C(=O)Nc2ccc(Cl)c(-c3nc4c(Cl)c(C(C)(C)C)[nH]n4n3)c2)cc1. The Morgan fingerprint density at radius 2 is 1.43 bits per heavy atom. The number of halogens is 2. The van der Waals surface area contributed by atoms with E-state index >= 15 is 0 Å². The summed E-state index contributed by atoms with van der Waals surface area (Å²) in [5.74, 6) is -0.329. The molecule has 4 rings (SSSR count). The van der Waals surface area contributed by atoms with Crippen molar-refractivity contribution in [2.24, 2.45) is 0 Å². The Hall–Kier alpha value is -3.36. The molecule has 0 aliphatic rings. The summed E-state index contributed by atoms with van der Waals surface area (Å²) in [6.07, 6.45) is 15.1. The Morgan fingerprint density at radius 3 is 2.02 bits per heavy atom. The molecule has 0 saturated carbocycles. The first-order valence-corrected chi connectivity index (χ1v) is 17.4. The molecule has 0 unspecified atom stereocenters. The molecule has 4 aromatic rings. The zero-order valence-corrected chi connectivity index (χ0v) is 29.1. The van der Waals surface area contributed by atoms with Gasteiger partial charge in [-0.3, -0.25) is 9.89 Å². The number of nitrogens with one attached hydrogen (secondary N) is 2. The van der Waals surface area contributed by atoms with E-state index in [9.17, 15) is 9.59 Å². The maximum atomic E-state index is 13.0. The van der Waals surface area contributed by atoms with Crippen molar-refractivity contribution in [1.29, 1.82) is 0 Å². The summed E-state index contributed by atoms with van der Waals surface area (Å²) in [4.78, 5) is 30.1. The Balaban J connectivity index is 1.22. The number of aromatic amines is 1. The van der Waals surface area contributed by atoms with Gasteiger partial charge in [-0.25, -0.2) is 9.78 Å². The van der Waals surface area contributed by atoms with Crippen LogP contribution in [0.4, 0.5) is 5.69 Å². The Labute approximate surface area is 282 Å². The highest BCUT2D eigenvalue weighted by Crippen LogP contribution is 2.34. The Morgan fingerprint density at radius 1 is 0.848 bits per heavy atom. The fourth-order valence-corrected chi connectivity index (χ4v) is 5.99. The quantitative estimate of drug-likeness (QED) is 0.0861. The third-order valence-electron chi connectivity index (χ3n) is 8.07. The van der Waals surface area contributed by atoms with Gasteiger partial charge in [-0.05, 0) is 48.9 Å². The topological polar surface area (TPSA) is 101 Å². The molecule has 2 aromatic heterocycles. The molecule has 10 heteroatoms. The van der Waals surface area contributed by atoms with E-state index in [1.807, 2.05) is 20.8 Å². The van der Waals surface area contributed by atoms with E-state index in [0.29, 0.717) is 50.5 Å². The smallest absolute Gasteiger partial charge is 0.338 e. The van der Waals surface area contributed by atoms with E-state index in [4.69, 9.17) is 27.9 Å². The summed E-state index contributed by atoms with van der Waals surface area (Å²) < 4.78 is 6.99. The Kier molecular flexibility index (Phi) is 13.1. The average Bonchev–Trinajstić information content (AvgIpc) is 3.59. The van der Waals surface area contributed by atoms with Crippen LogP contribution in [0.15, 0.2) is 42.5 Å². The fraction of sp³-hybridized carbons (Fsp3) is 0.500. The Bertz CT molecular complexity index is 1590. The van der Waals surface area contributed by atoms with Gasteiger partial charge in [0.2, 0.25) is 0 Å². The molecule has 2 heterocycles. The molecule has 8 nitrogen and oxygen atoms in total. The van der Waals surface area contributed by atoms with Gasteiger partial charge in [-0.1, -0.05) is 122 Å². The maximum Gasteiger partial charge on any atom is 0.338 e. The van der Waals surface area contributed by atoms with Gasteiger partial charge >= 0.3 is 5.97 Å². The monoisotopic (exact) mass is 667 g/mol. The van der Waals surface area contributed by atoms with E-state index < -0.39 is 0 Å². The molecule has 0 atom stereocenters. The van der Waals surface area contributed by atoms with Crippen LogP contribution in [-0.4, -0.2) is 38.3 Å². The molecule has 46 heavy (non-hydrogen) atoms. The van der Waals surface area contributed by atoms with Crippen LogP contribution < -0.4 is 5.32 Å². The van der Waals surface area contributed by atoms with Crippen LogP contribution >= 0.6 is 23.2 Å². The van der Waals surface area contributed by atoms with E-state index in [0.717, 1.165) is 18.5 Å². The van der Waals surface area contributed by atoms with Crippen molar-refractivity contribution in [1.82, 2.24) is 19.8 Å². The van der Waals surface area contributed by atoms with E-state index in [1.54, 1.807) is 42.5 Å². The molecular formula is C36H47Cl2N5O3. The number of carbonyl (C=O) groups excluding carboxylic acids is 2. The third kappa shape index (κ3) is 9.82. The third-order valence-corrected chi connectivity index (χ3v) is 8.76. The molecule has 0 aliphatic carbocycles. The number of unbranched alkanes of at least 4 members (excludes halogenated alkanes) is 11. The predicted molar refractivity (Wildman–Crippen MR) is 187 cm³/mol. The van der Waals surface area contributed by atoms with Gasteiger partial charge in [0.15, 0.2) is 11.5 Å². The minimum Gasteiger partial charge on any atom is -0.462 e. The van der Waals surface area contributed by atoms with Crippen LogP contribution in [0.2, 0.25) is 10.0 Å². The number of anilines is 1. The molecule has 0 spiro atoms. The number of hydrogen-bond donors (Lipinski definition) is 2. The standard InChI is InChI=1S/C36H47Cl2N5O3/c1-5-6-7-8-9-10-11-12-13-14-15-16-23-46-35(45)26-19-17-25(18-20-26)34(44)39-27-21-22-29(37)28(24-27)32-40-33-30(38)31(36(2,3)4)41-43(33)42-32/h17-22,24,41H,5-16,23H2,1-4H3,(H,39,44). The van der Waals surface area contributed by atoms with Crippen molar-refractivity contribution in [3.8, 4) is 11.4 Å². The van der Waals surface area contributed by atoms with Crippen LogP contribution in [0.3, 0.4) is 0 Å². The molecule has 2 aromatic carbocycles. The largest absolute Gasteiger partial charge is 0.462 e. The van der Waals surface area contributed by atoms with E-state index in [-0.39, 0.29) is 17.3 Å². The lowest BCUT2D eigenvalue weighted by atomic mass is 9.92. The summed E-state index contributed by atoms with van der Waals surface area (Å²) in [6, 6.07) is 11.5. The highest BCUT2D eigenvalue weighted by atomic mass is 35.5. The number of H-pyrrole nitrogens is 1. The van der Waals surface area contributed by atoms with E-state index in [2.05, 4.69) is 27.4 Å². The second kappa shape index (κ2) is 17.0. The van der Waals surface area contributed by atoms with Crippen LogP contribution in [0.25, 0.3) is 17.0 Å². The maximum absolute atomic E-state index is 13.0. The number of rotatable bonds is 17. The lowest BCUT2D eigenvalue weighted by molar-refractivity contribution is 0.0497. The number of ether oxygens (including phenoxy) is 1. The van der Waals surface area contributed by atoms with Crippen molar-refractivity contribution in [2.75, 3.05) is 11.9 Å². The summed E-state index contributed by atoms with van der Waals surface area (Å²) in [5.41, 5.74) is 3.03.